The SMILES string of the molecule is COc1ccc2c3c1OC1C(F)(F)CC[C@@]4(O)[C@@H](C2)N(CC2CC2)CC[C@]314. The van der Waals surface area contributed by atoms with E-state index in [4.69, 9.17) is 9.47 Å². The molecule has 1 saturated heterocycles. The number of rotatable bonds is 3. The second kappa shape index (κ2) is 4.95. The number of benzene rings is 1. The van der Waals surface area contributed by atoms with Gasteiger partial charge in [-0.1, -0.05) is 6.07 Å². The highest BCUT2D eigenvalue weighted by molar-refractivity contribution is 5.63. The third-order valence-corrected chi connectivity index (χ3v) is 7.94. The summed E-state index contributed by atoms with van der Waals surface area (Å²) in [6.07, 6.45) is 2.19. The van der Waals surface area contributed by atoms with Crippen molar-refractivity contribution < 1.29 is 23.4 Å². The van der Waals surface area contributed by atoms with E-state index in [-0.39, 0.29) is 18.9 Å². The van der Waals surface area contributed by atoms with Gasteiger partial charge in [0.25, 0.3) is 5.92 Å². The molecule has 0 radical (unpaired) electrons. The molecule has 5 aliphatic rings. The van der Waals surface area contributed by atoms with Gasteiger partial charge in [0.05, 0.1) is 18.1 Å². The highest BCUT2D eigenvalue weighted by atomic mass is 19.3. The Bertz CT molecular complexity index is 826. The van der Waals surface area contributed by atoms with E-state index >= 15 is 8.78 Å². The molecule has 2 bridgehead atoms. The molecule has 0 amide bonds. The molecule has 2 saturated carbocycles. The molecular weight excluding hydrogens is 352 g/mol. The molecule has 146 valence electrons. The third kappa shape index (κ3) is 1.84. The zero-order valence-electron chi connectivity index (χ0n) is 15.5. The molecule has 6 rings (SSSR count). The number of ether oxygens (including phenoxy) is 2. The van der Waals surface area contributed by atoms with Crippen LogP contribution in [0.4, 0.5) is 8.78 Å². The van der Waals surface area contributed by atoms with Crippen molar-refractivity contribution in [2.24, 2.45) is 5.92 Å². The number of nitrogens with zero attached hydrogens (tertiary/aromatic N) is 1. The van der Waals surface area contributed by atoms with Crippen molar-refractivity contribution in [3.8, 4) is 11.5 Å². The van der Waals surface area contributed by atoms with Crippen LogP contribution in [0.2, 0.25) is 0 Å². The molecule has 1 spiro atoms. The van der Waals surface area contributed by atoms with Gasteiger partial charge < -0.3 is 14.6 Å². The number of likely N-dealkylation sites (tertiary alicyclic amines) is 1. The lowest BCUT2D eigenvalue weighted by Crippen LogP contribution is -2.78. The fourth-order valence-electron chi connectivity index (χ4n) is 6.56. The Morgan fingerprint density at radius 3 is 2.81 bits per heavy atom. The second-order valence-electron chi connectivity index (χ2n) is 9.19. The van der Waals surface area contributed by atoms with Gasteiger partial charge >= 0.3 is 0 Å². The van der Waals surface area contributed by atoms with E-state index in [2.05, 4.69) is 4.90 Å². The standard InChI is InChI=1S/C21H25F2NO3/c1-26-14-5-4-13-10-15-20(25)6-7-21(22,23)18-19(20,16(13)17(14)27-18)8-9-24(15)11-12-2-3-12/h4-5,12,15,18,25H,2-3,6-11H2,1H3/t15-,18?,19+,20-/m1/s1. The Morgan fingerprint density at radius 2 is 2.07 bits per heavy atom. The molecule has 2 aliphatic heterocycles. The Morgan fingerprint density at radius 1 is 1.26 bits per heavy atom. The Labute approximate surface area is 157 Å². The summed E-state index contributed by atoms with van der Waals surface area (Å²) in [5.41, 5.74) is -0.356. The molecule has 1 unspecified atom stereocenters. The second-order valence-corrected chi connectivity index (χ2v) is 9.19. The molecular formula is C21H25F2NO3. The van der Waals surface area contributed by atoms with Crippen molar-refractivity contribution in [1.29, 1.82) is 0 Å². The first kappa shape index (κ1) is 16.5. The molecule has 27 heavy (non-hydrogen) atoms. The van der Waals surface area contributed by atoms with Crippen LogP contribution in [0.15, 0.2) is 12.1 Å². The van der Waals surface area contributed by atoms with Crippen LogP contribution < -0.4 is 9.47 Å². The summed E-state index contributed by atoms with van der Waals surface area (Å²) < 4.78 is 41.5. The average molecular weight is 377 g/mol. The number of methoxy groups -OCH3 is 1. The van der Waals surface area contributed by atoms with Gasteiger partial charge in [0.15, 0.2) is 17.6 Å². The molecule has 3 aliphatic carbocycles. The van der Waals surface area contributed by atoms with Crippen LogP contribution in [0, 0.1) is 5.92 Å². The van der Waals surface area contributed by atoms with Crippen LogP contribution in [-0.4, -0.2) is 53.9 Å². The molecule has 1 aromatic rings. The maximum atomic E-state index is 15.1. The van der Waals surface area contributed by atoms with Crippen molar-refractivity contribution in [3.05, 3.63) is 23.3 Å². The molecule has 1 N–H and O–H groups in total. The van der Waals surface area contributed by atoms with E-state index in [9.17, 15) is 5.11 Å². The van der Waals surface area contributed by atoms with E-state index in [1.807, 2.05) is 12.1 Å². The number of halogens is 2. The van der Waals surface area contributed by atoms with Crippen molar-refractivity contribution in [2.75, 3.05) is 20.2 Å². The number of alkyl halides is 2. The Kier molecular flexibility index (Phi) is 3.03. The lowest BCUT2D eigenvalue weighted by molar-refractivity contribution is -0.248. The summed E-state index contributed by atoms with van der Waals surface area (Å²) in [6, 6.07) is 3.71. The van der Waals surface area contributed by atoms with Crippen LogP contribution in [0.25, 0.3) is 0 Å². The predicted octanol–water partition coefficient (Wildman–Crippen LogP) is 2.89. The fourth-order valence-corrected chi connectivity index (χ4v) is 6.56. The van der Waals surface area contributed by atoms with Crippen molar-refractivity contribution >= 4 is 0 Å². The Hall–Kier alpha value is -1.40. The minimum atomic E-state index is -2.95. The molecule has 4 nitrogen and oxygen atoms in total. The first-order chi connectivity index (χ1) is 12.9. The number of aliphatic hydroxyl groups is 1. The summed E-state index contributed by atoms with van der Waals surface area (Å²) in [6.45, 7) is 1.72. The van der Waals surface area contributed by atoms with Crippen molar-refractivity contribution in [2.45, 2.75) is 67.6 Å². The minimum Gasteiger partial charge on any atom is -0.493 e. The summed E-state index contributed by atoms with van der Waals surface area (Å²) >= 11 is 0. The van der Waals surface area contributed by atoms with Gasteiger partial charge in [0, 0.05) is 24.6 Å². The van der Waals surface area contributed by atoms with Gasteiger partial charge in [0.1, 0.15) is 0 Å². The van der Waals surface area contributed by atoms with Crippen LogP contribution in [-0.2, 0) is 11.8 Å². The summed E-state index contributed by atoms with van der Waals surface area (Å²) in [5, 5.41) is 12.0. The number of hydrogen-bond acceptors (Lipinski definition) is 4. The van der Waals surface area contributed by atoms with E-state index < -0.39 is 23.0 Å². The summed E-state index contributed by atoms with van der Waals surface area (Å²) in [5.74, 6) is -1.31. The van der Waals surface area contributed by atoms with Crippen LogP contribution in [0.1, 0.15) is 43.2 Å². The first-order valence-electron chi connectivity index (χ1n) is 10.1. The molecule has 2 heterocycles. The zero-order chi connectivity index (χ0) is 18.6. The molecule has 6 heteroatoms. The zero-order valence-corrected chi connectivity index (χ0v) is 15.5. The van der Waals surface area contributed by atoms with E-state index in [0.717, 1.165) is 24.2 Å². The van der Waals surface area contributed by atoms with Gasteiger partial charge in [-0.15, -0.1) is 0 Å². The monoisotopic (exact) mass is 377 g/mol. The van der Waals surface area contributed by atoms with Crippen molar-refractivity contribution in [1.82, 2.24) is 4.90 Å². The fraction of sp³-hybridized carbons (Fsp3) is 0.714. The molecule has 4 atom stereocenters. The van der Waals surface area contributed by atoms with Crippen LogP contribution in [0.3, 0.4) is 0 Å². The van der Waals surface area contributed by atoms with E-state index in [1.54, 1.807) is 0 Å². The topological polar surface area (TPSA) is 41.9 Å². The predicted molar refractivity (Wildman–Crippen MR) is 94.6 cm³/mol. The van der Waals surface area contributed by atoms with Gasteiger partial charge in [-0.05, 0) is 56.2 Å². The smallest absolute Gasteiger partial charge is 0.285 e. The average Bonchev–Trinajstić information content (AvgIpc) is 3.37. The Balaban J connectivity index is 1.57. The quantitative estimate of drug-likeness (QED) is 0.880. The number of hydrogen-bond donors (Lipinski definition) is 1. The van der Waals surface area contributed by atoms with Gasteiger partial charge in [-0.25, -0.2) is 8.78 Å². The van der Waals surface area contributed by atoms with E-state index in [0.29, 0.717) is 30.3 Å². The lowest BCUT2D eigenvalue weighted by atomic mass is 9.48. The normalized spacial score (nSPS) is 41.0. The first-order valence-corrected chi connectivity index (χ1v) is 10.1. The van der Waals surface area contributed by atoms with Gasteiger partial charge in [-0.2, -0.15) is 0 Å². The maximum Gasteiger partial charge on any atom is 0.285 e. The van der Waals surface area contributed by atoms with Crippen LogP contribution in [0.5, 0.6) is 11.5 Å². The molecule has 1 aromatic carbocycles. The van der Waals surface area contributed by atoms with Gasteiger partial charge in [0.2, 0.25) is 0 Å². The van der Waals surface area contributed by atoms with Crippen molar-refractivity contribution in [3.63, 3.8) is 0 Å². The molecule has 0 aromatic heterocycles. The highest BCUT2D eigenvalue weighted by Gasteiger charge is 2.77. The largest absolute Gasteiger partial charge is 0.493 e. The highest BCUT2D eigenvalue weighted by Crippen LogP contribution is 2.68. The minimum absolute atomic E-state index is 0.110. The van der Waals surface area contributed by atoms with Gasteiger partial charge in [-0.3, -0.25) is 4.90 Å². The maximum absolute atomic E-state index is 15.1. The molecule has 3 fully saturated rings. The van der Waals surface area contributed by atoms with E-state index in [1.165, 1.54) is 20.0 Å². The van der Waals surface area contributed by atoms with Crippen LogP contribution >= 0.6 is 0 Å². The third-order valence-electron chi connectivity index (χ3n) is 7.94. The summed E-state index contributed by atoms with van der Waals surface area (Å²) in [4.78, 5) is 2.38. The summed E-state index contributed by atoms with van der Waals surface area (Å²) in [7, 11) is 1.54. The number of piperidine rings is 1. The lowest BCUT2D eigenvalue weighted by Gasteiger charge is -2.64.